The van der Waals surface area contributed by atoms with E-state index < -0.39 is 0 Å². The highest BCUT2D eigenvalue weighted by Crippen LogP contribution is 2.33. The van der Waals surface area contributed by atoms with Crippen molar-refractivity contribution >= 4 is 29.2 Å². The molecule has 3 heteroatoms. The van der Waals surface area contributed by atoms with Crippen LogP contribution in [0.1, 0.15) is 29.2 Å². The summed E-state index contributed by atoms with van der Waals surface area (Å²) in [5.74, 6) is 5.24. The second kappa shape index (κ2) is 8.95. The van der Waals surface area contributed by atoms with Gasteiger partial charge in [0.15, 0.2) is 0 Å². The van der Waals surface area contributed by atoms with Crippen LogP contribution in [-0.4, -0.2) is 18.2 Å². The van der Waals surface area contributed by atoms with Crippen LogP contribution in [-0.2, 0) is 6.54 Å². The Morgan fingerprint density at radius 3 is 2.50 bits per heavy atom. The van der Waals surface area contributed by atoms with Crippen molar-refractivity contribution < 1.29 is 0 Å². The highest BCUT2D eigenvalue weighted by molar-refractivity contribution is 6.32. The van der Waals surface area contributed by atoms with E-state index in [1.165, 1.54) is 0 Å². The van der Waals surface area contributed by atoms with Crippen LogP contribution in [0.4, 0.5) is 5.69 Å². The lowest BCUT2D eigenvalue weighted by molar-refractivity contribution is 0.475. The van der Waals surface area contributed by atoms with Crippen molar-refractivity contribution in [2.24, 2.45) is 4.99 Å². The minimum absolute atomic E-state index is 0.618. The molecule has 0 aliphatic rings. The van der Waals surface area contributed by atoms with Crippen LogP contribution < -0.4 is 0 Å². The van der Waals surface area contributed by atoms with Crippen molar-refractivity contribution in [3.8, 4) is 24.7 Å². The second-order valence-corrected chi connectivity index (χ2v) is 6.31. The Hall–Kier alpha value is -2.94. The molecule has 0 amide bonds. The maximum absolute atomic E-state index is 6.52. The first-order valence-electron chi connectivity index (χ1n) is 8.22. The van der Waals surface area contributed by atoms with Crippen molar-refractivity contribution in [2.45, 2.75) is 20.4 Å². The molecule has 0 saturated carbocycles. The summed E-state index contributed by atoms with van der Waals surface area (Å²) < 4.78 is 0. The first-order chi connectivity index (χ1) is 12.5. The van der Waals surface area contributed by atoms with Crippen molar-refractivity contribution in [3.63, 3.8) is 0 Å². The van der Waals surface area contributed by atoms with Gasteiger partial charge in [0.1, 0.15) is 0 Å². The summed E-state index contributed by atoms with van der Waals surface area (Å²) in [6.07, 6.45) is 14.5. The summed E-state index contributed by atoms with van der Waals surface area (Å²) in [5.41, 5.74) is 5.66. The average Bonchev–Trinajstić information content (AvgIpc) is 2.63. The molecule has 2 rings (SSSR count). The minimum Gasteiger partial charge on any atom is -0.369 e. The van der Waals surface area contributed by atoms with Crippen LogP contribution >= 0.6 is 11.6 Å². The number of benzene rings is 2. The average molecular weight is 361 g/mol. The number of hydrogen-bond donors (Lipinski definition) is 0. The molecule has 26 heavy (non-hydrogen) atoms. The molecule has 0 unspecified atom stereocenters. The smallest absolute Gasteiger partial charge is 0.0670 e. The van der Waals surface area contributed by atoms with Gasteiger partial charge in [-0.1, -0.05) is 35.6 Å². The summed E-state index contributed by atoms with van der Waals surface area (Å²) >= 11 is 6.52. The molecular formula is C23H21ClN2. The van der Waals surface area contributed by atoms with E-state index in [0.717, 1.165) is 33.6 Å². The molecule has 0 saturated heterocycles. The van der Waals surface area contributed by atoms with Crippen LogP contribution in [0, 0.1) is 31.6 Å². The van der Waals surface area contributed by atoms with E-state index in [2.05, 4.69) is 21.7 Å². The van der Waals surface area contributed by atoms with Crippen LogP contribution in [0.3, 0.4) is 0 Å². The Kier molecular flexibility index (Phi) is 6.67. The molecule has 0 aromatic heterocycles. The van der Waals surface area contributed by atoms with E-state index in [4.69, 9.17) is 24.4 Å². The van der Waals surface area contributed by atoms with Crippen molar-refractivity contribution in [3.05, 3.63) is 69.8 Å². The Morgan fingerprint density at radius 1 is 1.23 bits per heavy atom. The lowest BCUT2D eigenvalue weighted by atomic mass is 10.0. The predicted molar refractivity (Wildman–Crippen MR) is 113 cm³/mol. The van der Waals surface area contributed by atoms with E-state index >= 15 is 0 Å². The molecule has 0 aliphatic carbocycles. The van der Waals surface area contributed by atoms with Gasteiger partial charge in [-0.2, -0.15) is 0 Å². The first-order valence-corrected chi connectivity index (χ1v) is 8.60. The number of aliphatic imine (C=N–C) groups is 1. The number of rotatable bonds is 5. The van der Waals surface area contributed by atoms with Gasteiger partial charge >= 0.3 is 0 Å². The number of allylic oxidation sites excluding steroid dienone is 1. The van der Waals surface area contributed by atoms with E-state index in [-0.39, 0.29) is 0 Å². The summed E-state index contributed by atoms with van der Waals surface area (Å²) in [6, 6.07) is 11.8. The Balaban J connectivity index is 2.36. The number of halogens is 1. The normalized spacial score (nSPS) is 11.2. The van der Waals surface area contributed by atoms with Crippen molar-refractivity contribution in [1.29, 1.82) is 0 Å². The summed E-state index contributed by atoms with van der Waals surface area (Å²) in [6.45, 7) is 4.57. The van der Waals surface area contributed by atoms with E-state index in [1.807, 2.05) is 57.3 Å². The largest absolute Gasteiger partial charge is 0.369 e. The van der Waals surface area contributed by atoms with E-state index in [0.29, 0.717) is 11.6 Å². The molecular weight excluding hydrogens is 340 g/mol. The molecule has 2 aromatic carbocycles. The van der Waals surface area contributed by atoms with Gasteiger partial charge in [0.2, 0.25) is 0 Å². The summed E-state index contributed by atoms with van der Waals surface area (Å²) in [4.78, 5) is 6.42. The lowest BCUT2D eigenvalue weighted by Gasteiger charge is -2.24. The SMILES string of the molecule is C#C/C=C(/c1cc(C)c(N=CC)cc1Cl)N(C)Cc1ccc(C#C)cc1. The maximum atomic E-state index is 6.52. The zero-order valence-electron chi connectivity index (χ0n) is 15.3. The van der Waals surface area contributed by atoms with Crippen LogP contribution in [0.25, 0.3) is 5.70 Å². The fraction of sp³-hybridized carbons (Fsp3) is 0.174. The second-order valence-electron chi connectivity index (χ2n) is 5.90. The lowest BCUT2D eigenvalue weighted by Crippen LogP contribution is -2.16. The first kappa shape index (κ1) is 19.4. The highest BCUT2D eigenvalue weighted by atomic mass is 35.5. The van der Waals surface area contributed by atoms with Crippen molar-refractivity contribution in [2.75, 3.05) is 7.05 Å². The molecule has 0 heterocycles. The minimum atomic E-state index is 0.618. The molecule has 2 nitrogen and oxygen atoms in total. The number of nitrogens with zero attached hydrogens (tertiary/aromatic N) is 2. The topological polar surface area (TPSA) is 15.6 Å². The van der Waals surface area contributed by atoms with E-state index in [9.17, 15) is 0 Å². The van der Waals surface area contributed by atoms with Gasteiger partial charge in [0.05, 0.1) is 16.4 Å². The monoisotopic (exact) mass is 360 g/mol. The molecule has 0 atom stereocenters. The quantitative estimate of drug-likeness (QED) is 0.510. The molecule has 0 bridgehead atoms. The third kappa shape index (κ3) is 4.57. The van der Waals surface area contributed by atoms with Gasteiger partial charge in [-0.15, -0.1) is 12.8 Å². The summed E-state index contributed by atoms with van der Waals surface area (Å²) in [5, 5.41) is 0.618. The number of terminal acetylenes is 2. The number of hydrogen-bond acceptors (Lipinski definition) is 2. The maximum Gasteiger partial charge on any atom is 0.0670 e. The van der Waals surface area contributed by atoms with Gasteiger partial charge < -0.3 is 4.90 Å². The number of aryl methyl sites for hydroxylation is 1. The molecule has 0 N–H and O–H groups in total. The Morgan fingerprint density at radius 2 is 1.92 bits per heavy atom. The summed E-state index contributed by atoms with van der Waals surface area (Å²) in [7, 11) is 1.99. The van der Waals surface area contributed by atoms with Gasteiger partial charge in [0.25, 0.3) is 0 Å². The molecule has 0 spiro atoms. The Labute approximate surface area is 161 Å². The van der Waals surface area contributed by atoms with Crippen LogP contribution in [0.15, 0.2) is 47.5 Å². The highest BCUT2D eigenvalue weighted by Gasteiger charge is 2.14. The predicted octanol–water partition coefficient (Wildman–Crippen LogP) is 5.46. The van der Waals surface area contributed by atoms with E-state index in [1.54, 1.807) is 12.3 Å². The fourth-order valence-electron chi connectivity index (χ4n) is 2.68. The van der Waals surface area contributed by atoms with Crippen LogP contribution in [0.5, 0.6) is 0 Å². The fourth-order valence-corrected chi connectivity index (χ4v) is 2.94. The Bertz CT molecular complexity index is 922. The zero-order chi connectivity index (χ0) is 19.1. The third-order valence-corrected chi connectivity index (χ3v) is 4.31. The van der Waals surface area contributed by atoms with Crippen molar-refractivity contribution in [1.82, 2.24) is 4.90 Å². The third-order valence-electron chi connectivity index (χ3n) is 4.00. The van der Waals surface area contributed by atoms with Gasteiger partial charge in [-0.3, -0.25) is 4.99 Å². The van der Waals surface area contributed by atoms with Gasteiger partial charge in [-0.25, -0.2) is 0 Å². The molecule has 130 valence electrons. The zero-order valence-corrected chi connectivity index (χ0v) is 16.0. The van der Waals surface area contributed by atoms with Gasteiger partial charge in [-0.05, 0) is 49.2 Å². The molecule has 2 aromatic rings. The molecule has 0 radical (unpaired) electrons. The molecule has 0 fully saturated rings. The molecule has 0 aliphatic heterocycles. The van der Waals surface area contributed by atoms with Crippen LogP contribution in [0.2, 0.25) is 5.02 Å². The van der Waals surface area contributed by atoms with Gasteiger partial charge in [0, 0.05) is 37.0 Å². The standard InChI is InChI=1S/C23H21ClN2/c1-6-9-23(20-14-17(4)22(25-8-3)15-21(20)24)26(5)16-19-12-10-18(7-2)11-13-19/h1-2,8-15H,16H2,3-5H3/b23-9-,25-8?.